The van der Waals surface area contributed by atoms with Gasteiger partial charge < -0.3 is 15.2 Å². The van der Waals surface area contributed by atoms with Crippen molar-refractivity contribution in [2.45, 2.75) is 31.2 Å². The number of carboxylic acids is 1. The minimum Gasteiger partial charge on any atom is -0.550 e. The predicted molar refractivity (Wildman–Crippen MR) is 84.4 cm³/mol. The van der Waals surface area contributed by atoms with Gasteiger partial charge in [-0.1, -0.05) is 36.4 Å². The SMILES string of the molecule is CC(CC(=O)[O-])(C(=O)NC1Cc2ccccc21)c1ccc(F)cc1.[Na+]. The molecule has 0 spiro atoms. The number of carbonyl (C=O) groups is 2. The molecule has 124 valence electrons. The van der Waals surface area contributed by atoms with Gasteiger partial charge >= 0.3 is 29.6 Å². The Bertz CT molecular complexity index is 794. The maximum Gasteiger partial charge on any atom is 1.00 e. The quantitative estimate of drug-likeness (QED) is 0.678. The van der Waals surface area contributed by atoms with E-state index in [9.17, 15) is 19.1 Å². The Morgan fingerprint density at radius 2 is 1.84 bits per heavy atom. The summed E-state index contributed by atoms with van der Waals surface area (Å²) in [6.45, 7) is 1.54. The van der Waals surface area contributed by atoms with Crippen LogP contribution < -0.4 is 40.0 Å². The van der Waals surface area contributed by atoms with Crippen molar-refractivity contribution in [3.63, 3.8) is 0 Å². The van der Waals surface area contributed by atoms with Crippen LogP contribution in [0.5, 0.6) is 0 Å². The number of rotatable bonds is 5. The molecule has 4 nitrogen and oxygen atoms in total. The Morgan fingerprint density at radius 1 is 1.20 bits per heavy atom. The van der Waals surface area contributed by atoms with E-state index in [0.29, 0.717) is 12.0 Å². The van der Waals surface area contributed by atoms with Crippen molar-refractivity contribution in [2.75, 3.05) is 0 Å². The Kier molecular flexibility index (Phi) is 6.03. The normalized spacial score (nSPS) is 17.3. The van der Waals surface area contributed by atoms with Crippen LogP contribution in [-0.4, -0.2) is 11.9 Å². The summed E-state index contributed by atoms with van der Waals surface area (Å²) in [5.74, 6) is -2.17. The van der Waals surface area contributed by atoms with Gasteiger partial charge in [-0.05, 0) is 42.2 Å². The van der Waals surface area contributed by atoms with E-state index in [1.54, 1.807) is 0 Å². The summed E-state index contributed by atoms with van der Waals surface area (Å²) in [5, 5.41) is 14.1. The number of nitrogens with one attached hydrogen (secondary N) is 1. The van der Waals surface area contributed by atoms with Crippen LogP contribution in [0.1, 0.15) is 36.1 Å². The van der Waals surface area contributed by atoms with Crippen molar-refractivity contribution in [1.29, 1.82) is 0 Å². The first-order valence-electron chi connectivity index (χ1n) is 7.75. The van der Waals surface area contributed by atoms with Crippen LogP contribution in [-0.2, 0) is 21.4 Å². The van der Waals surface area contributed by atoms with E-state index in [2.05, 4.69) is 5.32 Å². The van der Waals surface area contributed by atoms with E-state index in [0.717, 1.165) is 5.56 Å². The van der Waals surface area contributed by atoms with Gasteiger partial charge in [-0.15, -0.1) is 0 Å². The molecule has 6 heteroatoms. The molecule has 2 atom stereocenters. The number of halogens is 1. The third-order valence-electron chi connectivity index (χ3n) is 4.64. The fourth-order valence-corrected chi connectivity index (χ4v) is 3.12. The number of aliphatic carboxylic acids is 1. The molecule has 0 bridgehead atoms. The average molecular weight is 349 g/mol. The fraction of sp³-hybridized carbons (Fsp3) is 0.263. The minimum atomic E-state index is -1.33. The fourth-order valence-electron chi connectivity index (χ4n) is 3.12. The number of carboxylic acid groups (broad SMARTS) is 1. The number of carbonyl (C=O) groups excluding carboxylic acids is 2. The Labute approximate surface area is 167 Å². The second-order valence-corrected chi connectivity index (χ2v) is 6.32. The van der Waals surface area contributed by atoms with E-state index < -0.39 is 29.5 Å². The Balaban J connectivity index is 0.00000225. The molecule has 1 N–H and O–H groups in total. The number of amides is 1. The zero-order valence-corrected chi connectivity index (χ0v) is 16.2. The second kappa shape index (κ2) is 7.68. The molecule has 0 heterocycles. The standard InChI is InChI=1S/C19H18FNO3.Na/c1-19(11-17(22)23,13-6-8-14(20)9-7-13)18(24)21-16-10-12-4-2-3-5-15(12)16;/h2-9,16H,10-11H2,1H3,(H,21,24)(H,22,23);/q;+1/p-1. The zero-order valence-electron chi connectivity index (χ0n) is 14.2. The minimum absolute atomic E-state index is 0. The van der Waals surface area contributed by atoms with Crippen LogP contribution >= 0.6 is 0 Å². The molecule has 0 saturated heterocycles. The van der Waals surface area contributed by atoms with Crippen LogP contribution in [0.15, 0.2) is 48.5 Å². The molecular weight excluding hydrogens is 332 g/mol. The summed E-state index contributed by atoms with van der Waals surface area (Å²) in [4.78, 5) is 24.0. The number of hydrogen-bond acceptors (Lipinski definition) is 3. The van der Waals surface area contributed by atoms with Crippen LogP contribution in [0.3, 0.4) is 0 Å². The molecule has 0 radical (unpaired) electrons. The molecule has 3 rings (SSSR count). The van der Waals surface area contributed by atoms with Gasteiger partial charge in [0.15, 0.2) is 0 Å². The van der Waals surface area contributed by atoms with Gasteiger partial charge in [0.2, 0.25) is 5.91 Å². The maximum atomic E-state index is 13.1. The van der Waals surface area contributed by atoms with Gasteiger partial charge in [-0.2, -0.15) is 0 Å². The number of benzene rings is 2. The molecule has 1 aliphatic rings. The van der Waals surface area contributed by atoms with Crippen molar-refractivity contribution in [2.24, 2.45) is 0 Å². The van der Waals surface area contributed by atoms with Crippen molar-refractivity contribution in [1.82, 2.24) is 5.32 Å². The largest absolute Gasteiger partial charge is 1.00 e. The molecule has 1 amide bonds. The number of fused-ring (bicyclic) bond motifs is 1. The van der Waals surface area contributed by atoms with Gasteiger partial charge in [-0.25, -0.2) is 4.39 Å². The summed E-state index contributed by atoms with van der Waals surface area (Å²) < 4.78 is 13.1. The molecule has 2 aromatic carbocycles. The molecule has 2 unspecified atom stereocenters. The Hall–Kier alpha value is -1.69. The van der Waals surface area contributed by atoms with Crippen LogP contribution in [0, 0.1) is 5.82 Å². The van der Waals surface area contributed by atoms with Crippen molar-refractivity contribution >= 4 is 11.9 Å². The molecule has 25 heavy (non-hydrogen) atoms. The molecule has 2 aromatic rings. The second-order valence-electron chi connectivity index (χ2n) is 6.32. The summed E-state index contributed by atoms with van der Waals surface area (Å²) in [7, 11) is 0. The predicted octanol–water partition coefficient (Wildman–Crippen LogP) is -1.36. The topological polar surface area (TPSA) is 69.2 Å². The van der Waals surface area contributed by atoms with Crippen LogP contribution in [0.4, 0.5) is 4.39 Å². The van der Waals surface area contributed by atoms with Gasteiger partial charge in [0.1, 0.15) is 5.82 Å². The molecule has 1 aliphatic carbocycles. The first-order valence-corrected chi connectivity index (χ1v) is 7.75. The molecule has 0 aromatic heterocycles. The molecule has 0 fully saturated rings. The summed E-state index contributed by atoms with van der Waals surface area (Å²) in [5.41, 5.74) is 1.34. The number of hydrogen-bond donors (Lipinski definition) is 1. The van der Waals surface area contributed by atoms with E-state index in [1.807, 2.05) is 24.3 Å². The molecular formula is C19H17FNNaO3. The smallest absolute Gasteiger partial charge is 0.550 e. The van der Waals surface area contributed by atoms with E-state index in [4.69, 9.17) is 0 Å². The van der Waals surface area contributed by atoms with Crippen LogP contribution in [0.25, 0.3) is 0 Å². The van der Waals surface area contributed by atoms with Crippen molar-refractivity contribution < 1.29 is 48.6 Å². The van der Waals surface area contributed by atoms with E-state index in [1.165, 1.54) is 36.8 Å². The monoisotopic (exact) mass is 349 g/mol. The molecule has 0 aliphatic heterocycles. The zero-order chi connectivity index (χ0) is 17.3. The summed E-state index contributed by atoms with van der Waals surface area (Å²) in [6.07, 6.45) is 0.242. The summed E-state index contributed by atoms with van der Waals surface area (Å²) in [6, 6.07) is 13.0. The van der Waals surface area contributed by atoms with Gasteiger partial charge in [0.05, 0.1) is 11.5 Å². The van der Waals surface area contributed by atoms with Gasteiger partial charge in [0, 0.05) is 12.4 Å². The first kappa shape index (κ1) is 19.6. The van der Waals surface area contributed by atoms with Gasteiger partial charge in [0.25, 0.3) is 0 Å². The van der Waals surface area contributed by atoms with Crippen molar-refractivity contribution in [3.05, 3.63) is 71.0 Å². The Morgan fingerprint density at radius 3 is 2.44 bits per heavy atom. The van der Waals surface area contributed by atoms with E-state index in [-0.39, 0.29) is 35.6 Å². The summed E-state index contributed by atoms with van der Waals surface area (Å²) >= 11 is 0. The van der Waals surface area contributed by atoms with E-state index >= 15 is 0 Å². The molecule has 0 saturated carbocycles. The third-order valence-corrected chi connectivity index (χ3v) is 4.64. The van der Waals surface area contributed by atoms with Crippen molar-refractivity contribution in [3.8, 4) is 0 Å². The first-order chi connectivity index (χ1) is 11.4. The maximum absolute atomic E-state index is 13.1. The van der Waals surface area contributed by atoms with Gasteiger partial charge in [-0.3, -0.25) is 4.79 Å². The van der Waals surface area contributed by atoms with Crippen LogP contribution in [0.2, 0.25) is 0 Å². The third kappa shape index (κ3) is 3.94. The average Bonchev–Trinajstić information content (AvgIpc) is 2.52.